The molecule has 1 aliphatic heterocycles. The lowest BCUT2D eigenvalue weighted by molar-refractivity contribution is 0.0918. The minimum Gasteiger partial charge on any atom is -0.463 e. The number of H-pyrrole nitrogens is 1. The van der Waals surface area contributed by atoms with Crippen LogP contribution in [0, 0.1) is 6.92 Å². The number of sulfonamides is 1. The van der Waals surface area contributed by atoms with Crippen molar-refractivity contribution >= 4 is 15.9 Å². The summed E-state index contributed by atoms with van der Waals surface area (Å²) < 4.78 is 32.3. The predicted molar refractivity (Wildman–Crippen MR) is 107 cm³/mol. The van der Waals surface area contributed by atoms with Gasteiger partial charge in [-0.1, -0.05) is 17.7 Å². The molecule has 0 saturated carbocycles. The fraction of sp³-hybridized carbons (Fsp3) is 0.300. The maximum absolute atomic E-state index is 12.8. The molecular formula is C20H22N4O4S. The highest BCUT2D eigenvalue weighted by Gasteiger charge is 2.30. The summed E-state index contributed by atoms with van der Waals surface area (Å²) in [7, 11) is -3.51. The second-order valence-corrected chi connectivity index (χ2v) is 9.05. The molecule has 2 N–H and O–H groups in total. The van der Waals surface area contributed by atoms with E-state index < -0.39 is 10.0 Å². The van der Waals surface area contributed by atoms with Gasteiger partial charge in [-0.3, -0.25) is 9.89 Å². The Kier molecular flexibility index (Phi) is 5.25. The third-order valence-electron chi connectivity index (χ3n) is 5.05. The van der Waals surface area contributed by atoms with Crippen molar-refractivity contribution in [2.75, 3.05) is 13.1 Å². The molecule has 152 valence electrons. The lowest BCUT2D eigenvalue weighted by Gasteiger charge is -2.31. The fourth-order valence-corrected chi connectivity index (χ4v) is 4.82. The van der Waals surface area contributed by atoms with E-state index in [9.17, 15) is 13.2 Å². The number of aryl methyl sites for hydroxylation is 1. The number of furan rings is 1. The molecule has 9 heteroatoms. The molecule has 0 spiro atoms. The van der Waals surface area contributed by atoms with Gasteiger partial charge in [0.1, 0.15) is 5.69 Å². The second-order valence-electron chi connectivity index (χ2n) is 7.11. The SMILES string of the molecule is Cc1ccc(S(=O)(=O)N2CCC(NC(=O)c3cc(-c4ccco4)[nH]n3)CC2)cc1. The maximum atomic E-state index is 12.8. The minimum atomic E-state index is -3.51. The number of aromatic nitrogens is 2. The molecule has 1 amide bonds. The van der Waals surface area contributed by atoms with Gasteiger partial charge in [0, 0.05) is 25.2 Å². The van der Waals surface area contributed by atoms with E-state index in [1.54, 1.807) is 48.7 Å². The molecule has 1 aromatic carbocycles. The van der Waals surface area contributed by atoms with E-state index in [1.165, 1.54) is 4.31 Å². The van der Waals surface area contributed by atoms with Crippen LogP contribution >= 0.6 is 0 Å². The Morgan fingerprint density at radius 2 is 1.93 bits per heavy atom. The zero-order valence-electron chi connectivity index (χ0n) is 16.0. The highest BCUT2D eigenvalue weighted by Crippen LogP contribution is 2.22. The van der Waals surface area contributed by atoms with Gasteiger partial charge in [0.2, 0.25) is 10.0 Å². The van der Waals surface area contributed by atoms with E-state index in [0.717, 1.165) is 5.56 Å². The number of benzene rings is 1. The molecule has 3 aromatic rings. The van der Waals surface area contributed by atoms with Crippen LogP contribution in [-0.4, -0.2) is 48.0 Å². The molecule has 0 bridgehead atoms. The quantitative estimate of drug-likeness (QED) is 0.667. The molecule has 29 heavy (non-hydrogen) atoms. The minimum absolute atomic E-state index is 0.101. The van der Waals surface area contributed by atoms with Crippen LogP contribution in [0.4, 0.5) is 0 Å². The molecule has 2 aromatic heterocycles. The van der Waals surface area contributed by atoms with Crippen molar-refractivity contribution in [1.82, 2.24) is 19.8 Å². The Hall–Kier alpha value is -2.91. The molecule has 0 atom stereocenters. The standard InChI is InChI=1S/C20H22N4O4S/c1-14-4-6-16(7-5-14)29(26,27)24-10-8-15(9-11-24)21-20(25)18-13-17(22-23-18)19-3-2-12-28-19/h2-7,12-13,15H,8-11H2,1H3,(H,21,25)(H,22,23). The number of hydrogen-bond acceptors (Lipinski definition) is 5. The zero-order valence-corrected chi connectivity index (χ0v) is 16.8. The number of rotatable bonds is 5. The monoisotopic (exact) mass is 414 g/mol. The van der Waals surface area contributed by atoms with E-state index in [-0.39, 0.29) is 17.6 Å². The van der Waals surface area contributed by atoms with Crippen LogP contribution in [0.5, 0.6) is 0 Å². The number of carbonyl (C=O) groups excluding carboxylic acids is 1. The maximum Gasteiger partial charge on any atom is 0.272 e. The Bertz CT molecular complexity index is 1080. The topological polar surface area (TPSA) is 108 Å². The summed E-state index contributed by atoms with van der Waals surface area (Å²) in [6.07, 6.45) is 2.65. The van der Waals surface area contributed by atoms with Crippen molar-refractivity contribution in [2.24, 2.45) is 0 Å². The predicted octanol–water partition coefficient (Wildman–Crippen LogP) is 2.56. The molecule has 8 nitrogen and oxygen atoms in total. The first-order chi connectivity index (χ1) is 13.9. The highest BCUT2D eigenvalue weighted by atomic mass is 32.2. The van der Waals surface area contributed by atoms with Crippen molar-refractivity contribution in [3.8, 4) is 11.5 Å². The molecule has 1 fully saturated rings. The summed E-state index contributed by atoms with van der Waals surface area (Å²) >= 11 is 0. The molecule has 1 aliphatic rings. The Balaban J connectivity index is 1.35. The van der Waals surface area contributed by atoms with E-state index in [2.05, 4.69) is 15.5 Å². The average molecular weight is 414 g/mol. The largest absolute Gasteiger partial charge is 0.463 e. The third-order valence-corrected chi connectivity index (χ3v) is 6.96. The van der Waals surface area contributed by atoms with Crippen molar-refractivity contribution in [3.63, 3.8) is 0 Å². The number of carbonyl (C=O) groups is 1. The first-order valence-corrected chi connectivity index (χ1v) is 10.8. The summed E-state index contributed by atoms with van der Waals surface area (Å²) in [6.45, 7) is 2.64. The molecule has 3 heterocycles. The number of piperidine rings is 1. The Labute approximate surface area is 169 Å². The van der Waals surface area contributed by atoms with Gasteiger partial charge in [-0.05, 0) is 44.0 Å². The van der Waals surface area contributed by atoms with E-state index >= 15 is 0 Å². The van der Waals surface area contributed by atoms with Gasteiger partial charge in [-0.2, -0.15) is 9.40 Å². The highest BCUT2D eigenvalue weighted by molar-refractivity contribution is 7.89. The van der Waals surface area contributed by atoms with Gasteiger partial charge in [0.25, 0.3) is 5.91 Å². The van der Waals surface area contributed by atoms with Crippen LogP contribution in [0.1, 0.15) is 28.9 Å². The summed E-state index contributed by atoms with van der Waals surface area (Å²) in [5.74, 6) is 0.310. The molecular weight excluding hydrogens is 392 g/mol. The fourth-order valence-electron chi connectivity index (χ4n) is 3.36. The normalized spacial score (nSPS) is 16.0. The van der Waals surface area contributed by atoms with E-state index in [4.69, 9.17) is 4.42 Å². The Morgan fingerprint density at radius 1 is 1.21 bits per heavy atom. The summed E-state index contributed by atoms with van der Waals surface area (Å²) in [5, 5.41) is 9.76. The first-order valence-electron chi connectivity index (χ1n) is 9.40. The summed E-state index contributed by atoms with van der Waals surface area (Å²) in [6, 6.07) is 11.9. The van der Waals surface area contributed by atoms with Crippen molar-refractivity contribution in [2.45, 2.75) is 30.7 Å². The zero-order chi connectivity index (χ0) is 20.4. The van der Waals surface area contributed by atoms with Gasteiger partial charge in [-0.15, -0.1) is 0 Å². The van der Waals surface area contributed by atoms with Crippen molar-refractivity contribution in [3.05, 3.63) is 60.0 Å². The first kappa shape index (κ1) is 19.4. The number of nitrogens with zero attached hydrogens (tertiary/aromatic N) is 2. The van der Waals surface area contributed by atoms with Gasteiger partial charge in [0.05, 0.1) is 11.2 Å². The number of nitrogens with one attached hydrogen (secondary N) is 2. The summed E-state index contributed by atoms with van der Waals surface area (Å²) in [4.78, 5) is 12.8. The smallest absolute Gasteiger partial charge is 0.272 e. The van der Waals surface area contributed by atoms with E-state index in [0.29, 0.717) is 42.3 Å². The summed E-state index contributed by atoms with van der Waals surface area (Å²) in [5.41, 5.74) is 1.91. The lowest BCUT2D eigenvalue weighted by atomic mass is 10.1. The van der Waals surface area contributed by atoms with Gasteiger partial charge < -0.3 is 9.73 Å². The third kappa shape index (κ3) is 4.10. The average Bonchev–Trinajstić information content (AvgIpc) is 3.40. The number of aromatic amines is 1. The molecule has 0 unspecified atom stereocenters. The molecule has 0 radical (unpaired) electrons. The molecule has 4 rings (SSSR count). The van der Waals surface area contributed by atoms with Gasteiger partial charge >= 0.3 is 0 Å². The number of amides is 1. The van der Waals surface area contributed by atoms with Crippen LogP contribution < -0.4 is 5.32 Å². The van der Waals surface area contributed by atoms with Crippen LogP contribution in [-0.2, 0) is 10.0 Å². The van der Waals surface area contributed by atoms with Crippen LogP contribution in [0.15, 0.2) is 58.0 Å². The van der Waals surface area contributed by atoms with Crippen LogP contribution in [0.3, 0.4) is 0 Å². The van der Waals surface area contributed by atoms with Crippen LogP contribution in [0.2, 0.25) is 0 Å². The van der Waals surface area contributed by atoms with Gasteiger partial charge in [-0.25, -0.2) is 8.42 Å². The number of hydrogen-bond donors (Lipinski definition) is 2. The lowest BCUT2D eigenvalue weighted by Crippen LogP contribution is -2.46. The molecule has 0 aliphatic carbocycles. The van der Waals surface area contributed by atoms with Gasteiger partial charge in [0.15, 0.2) is 11.5 Å². The van der Waals surface area contributed by atoms with Crippen molar-refractivity contribution < 1.29 is 17.6 Å². The molecule has 1 saturated heterocycles. The van der Waals surface area contributed by atoms with Crippen molar-refractivity contribution in [1.29, 1.82) is 0 Å². The van der Waals surface area contributed by atoms with E-state index in [1.807, 2.05) is 6.92 Å². The Morgan fingerprint density at radius 3 is 2.59 bits per heavy atom. The van der Waals surface area contributed by atoms with Crippen LogP contribution in [0.25, 0.3) is 11.5 Å². The second kappa shape index (κ2) is 7.84.